The molecule has 7 heteroatoms. The first-order chi connectivity index (χ1) is 11.5. The highest BCUT2D eigenvalue weighted by atomic mass is 32.2. The highest BCUT2D eigenvalue weighted by Gasteiger charge is 2.25. The van der Waals surface area contributed by atoms with Gasteiger partial charge in [0.15, 0.2) is 0 Å². The molecule has 1 aliphatic rings. The van der Waals surface area contributed by atoms with Gasteiger partial charge in [0.05, 0.1) is 5.69 Å². The Hall–Kier alpha value is -2.02. The lowest BCUT2D eigenvalue weighted by atomic mass is 9.99. The first kappa shape index (κ1) is 18.3. The van der Waals surface area contributed by atoms with Crippen LogP contribution in [0.2, 0.25) is 0 Å². The quantitative estimate of drug-likeness (QED) is 0.627. The molecule has 0 radical (unpaired) electrons. The average Bonchev–Trinajstić information content (AvgIpc) is 2.56. The van der Waals surface area contributed by atoms with Gasteiger partial charge in [-0.05, 0) is 30.9 Å². The van der Waals surface area contributed by atoms with Gasteiger partial charge in [-0.15, -0.1) is 11.8 Å². The van der Waals surface area contributed by atoms with Crippen LogP contribution in [0.4, 0.5) is 5.69 Å². The zero-order valence-electron chi connectivity index (χ0n) is 13.8. The molecule has 130 valence electrons. The Balaban J connectivity index is 1.95. The summed E-state index contributed by atoms with van der Waals surface area (Å²) in [6, 6.07) is 7.22. The fourth-order valence-electron chi connectivity index (χ4n) is 2.49. The highest BCUT2D eigenvalue weighted by molar-refractivity contribution is 7.99. The Morgan fingerprint density at radius 2 is 1.92 bits per heavy atom. The molecule has 0 spiro atoms. The minimum Gasteiger partial charge on any atom is -0.370 e. The van der Waals surface area contributed by atoms with Crippen LogP contribution in [0, 0.1) is 5.92 Å². The second kappa shape index (κ2) is 8.73. The summed E-state index contributed by atoms with van der Waals surface area (Å²) >= 11 is 1.42. The number of carbonyl (C=O) groups is 3. The Labute approximate surface area is 146 Å². The third kappa shape index (κ3) is 5.26. The van der Waals surface area contributed by atoms with Crippen molar-refractivity contribution in [1.82, 2.24) is 4.90 Å². The van der Waals surface area contributed by atoms with Crippen LogP contribution >= 0.6 is 11.8 Å². The summed E-state index contributed by atoms with van der Waals surface area (Å²) in [5, 5.41) is 2.69. The second-order valence-corrected chi connectivity index (χ2v) is 7.13. The molecular formula is C17H23N3O3S. The van der Waals surface area contributed by atoms with Crippen LogP contribution in [0.25, 0.3) is 0 Å². The lowest BCUT2D eigenvalue weighted by molar-refractivity contribution is -0.144. The number of nitrogens with zero attached hydrogens (tertiary/aromatic N) is 1. The predicted molar refractivity (Wildman–Crippen MR) is 94.6 cm³/mol. The van der Waals surface area contributed by atoms with Crippen LogP contribution < -0.4 is 11.1 Å². The van der Waals surface area contributed by atoms with Gasteiger partial charge < -0.3 is 16.0 Å². The summed E-state index contributed by atoms with van der Waals surface area (Å²) in [5.74, 6) is -0.343. The smallest absolute Gasteiger partial charge is 0.313 e. The van der Waals surface area contributed by atoms with Crippen LogP contribution in [-0.4, -0.2) is 41.5 Å². The van der Waals surface area contributed by atoms with Crippen molar-refractivity contribution in [2.45, 2.75) is 31.1 Å². The summed E-state index contributed by atoms with van der Waals surface area (Å²) in [6.45, 7) is 3.41. The molecule has 6 nitrogen and oxygen atoms in total. The minimum absolute atomic E-state index is 0.262. The molecule has 0 aliphatic carbocycles. The van der Waals surface area contributed by atoms with Gasteiger partial charge in [0.1, 0.15) is 0 Å². The Morgan fingerprint density at radius 3 is 2.58 bits per heavy atom. The zero-order chi connectivity index (χ0) is 17.5. The number of para-hydroxylation sites is 1. The number of piperidine rings is 1. The largest absolute Gasteiger partial charge is 0.370 e. The molecule has 0 unspecified atom stereocenters. The van der Waals surface area contributed by atoms with Crippen molar-refractivity contribution >= 4 is 35.2 Å². The van der Waals surface area contributed by atoms with Gasteiger partial charge in [0.2, 0.25) is 5.91 Å². The minimum atomic E-state index is -0.618. The van der Waals surface area contributed by atoms with Crippen LogP contribution in [0.3, 0.4) is 0 Å². The first-order valence-corrected chi connectivity index (χ1v) is 9.06. The Kier molecular flexibility index (Phi) is 6.66. The number of primary amides is 1. The number of nitrogens with one attached hydrogen (secondary N) is 1. The fourth-order valence-corrected chi connectivity index (χ4v) is 3.46. The number of likely N-dealkylation sites (tertiary alicyclic amines) is 1. The Bertz CT molecular complexity index is 613. The summed E-state index contributed by atoms with van der Waals surface area (Å²) in [7, 11) is 0. The van der Waals surface area contributed by atoms with Crippen molar-refractivity contribution in [2.24, 2.45) is 11.7 Å². The summed E-state index contributed by atoms with van der Waals surface area (Å²) in [5.41, 5.74) is 5.71. The van der Waals surface area contributed by atoms with E-state index in [0.29, 0.717) is 30.4 Å². The summed E-state index contributed by atoms with van der Waals surface area (Å²) < 4.78 is 0. The van der Waals surface area contributed by atoms with Gasteiger partial charge in [0.25, 0.3) is 0 Å². The lowest BCUT2D eigenvalue weighted by Crippen LogP contribution is -2.43. The van der Waals surface area contributed by atoms with Crippen molar-refractivity contribution in [3.8, 4) is 0 Å². The van der Waals surface area contributed by atoms with Crippen molar-refractivity contribution < 1.29 is 14.4 Å². The second-order valence-electron chi connectivity index (χ2n) is 5.99. The molecule has 1 aromatic carbocycles. The van der Waals surface area contributed by atoms with Gasteiger partial charge in [-0.25, -0.2) is 0 Å². The van der Waals surface area contributed by atoms with Crippen LogP contribution in [0.1, 0.15) is 26.2 Å². The number of anilines is 1. The standard InChI is InChI=1S/C17H23N3O3S/c1-12-6-9-20(10-7-12)17(23)16(22)19-13-4-2-3-5-14(13)24-11-8-15(18)21/h2-5,12H,6-11H2,1H3,(H2,18,21)(H,19,22). The molecule has 0 atom stereocenters. The molecule has 3 N–H and O–H groups in total. The third-order valence-electron chi connectivity index (χ3n) is 4.01. The number of carbonyl (C=O) groups excluding carboxylic acids is 3. The number of hydrogen-bond acceptors (Lipinski definition) is 4. The molecule has 0 saturated carbocycles. The molecule has 1 saturated heterocycles. The molecule has 1 heterocycles. The van der Waals surface area contributed by atoms with Gasteiger partial charge in [0, 0.05) is 30.2 Å². The molecule has 3 amide bonds. The molecule has 1 aromatic rings. The molecule has 24 heavy (non-hydrogen) atoms. The number of hydrogen-bond donors (Lipinski definition) is 2. The van der Waals surface area contributed by atoms with Crippen LogP contribution in [0.5, 0.6) is 0 Å². The van der Waals surface area contributed by atoms with Gasteiger partial charge in [-0.2, -0.15) is 0 Å². The van der Waals surface area contributed by atoms with Crippen molar-refractivity contribution in [3.63, 3.8) is 0 Å². The maximum atomic E-state index is 12.3. The monoisotopic (exact) mass is 349 g/mol. The van der Waals surface area contributed by atoms with E-state index in [1.54, 1.807) is 17.0 Å². The molecule has 0 bridgehead atoms. The van der Waals surface area contributed by atoms with E-state index in [1.807, 2.05) is 12.1 Å². The van der Waals surface area contributed by atoms with E-state index in [0.717, 1.165) is 17.7 Å². The fraction of sp³-hybridized carbons (Fsp3) is 0.471. The van der Waals surface area contributed by atoms with E-state index in [4.69, 9.17) is 5.73 Å². The molecule has 0 aromatic heterocycles. The van der Waals surface area contributed by atoms with E-state index < -0.39 is 11.8 Å². The lowest BCUT2D eigenvalue weighted by Gasteiger charge is -2.29. The maximum absolute atomic E-state index is 12.3. The normalized spacial score (nSPS) is 15.1. The van der Waals surface area contributed by atoms with Crippen LogP contribution in [-0.2, 0) is 14.4 Å². The van der Waals surface area contributed by atoms with E-state index in [-0.39, 0.29) is 12.3 Å². The number of amides is 3. The predicted octanol–water partition coefficient (Wildman–Crippen LogP) is 1.85. The molecule has 1 fully saturated rings. The van der Waals surface area contributed by atoms with E-state index in [9.17, 15) is 14.4 Å². The zero-order valence-corrected chi connectivity index (χ0v) is 14.6. The van der Waals surface area contributed by atoms with Gasteiger partial charge in [-0.1, -0.05) is 19.1 Å². The number of rotatable bonds is 5. The first-order valence-electron chi connectivity index (χ1n) is 8.07. The van der Waals surface area contributed by atoms with E-state index in [2.05, 4.69) is 12.2 Å². The third-order valence-corrected chi connectivity index (χ3v) is 5.08. The topological polar surface area (TPSA) is 92.5 Å². The number of benzene rings is 1. The average molecular weight is 349 g/mol. The van der Waals surface area contributed by atoms with Crippen molar-refractivity contribution in [1.29, 1.82) is 0 Å². The van der Waals surface area contributed by atoms with Gasteiger partial charge in [-0.3, -0.25) is 14.4 Å². The molecule has 1 aliphatic heterocycles. The van der Waals surface area contributed by atoms with Gasteiger partial charge >= 0.3 is 11.8 Å². The molecular weight excluding hydrogens is 326 g/mol. The number of nitrogens with two attached hydrogens (primary N) is 1. The highest BCUT2D eigenvalue weighted by Crippen LogP contribution is 2.27. The summed E-state index contributed by atoms with van der Waals surface area (Å²) in [4.78, 5) is 37.8. The Morgan fingerprint density at radius 1 is 1.25 bits per heavy atom. The summed E-state index contributed by atoms with van der Waals surface area (Å²) in [6.07, 6.45) is 2.12. The van der Waals surface area contributed by atoms with E-state index >= 15 is 0 Å². The molecule has 2 rings (SSSR count). The SMILES string of the molecule is CC1CCN(C(=O)C(=O)Nc2ccccc2SCCC(N)=O)CC1. The maximum Gasteiger partial charge on any atom is 0.313 e. The number of thioether (sulfide) groups is 1. The van der Waals surface area contributed by atoms with Crippen LogP contribution in [0.15, 0.2) is 29.2 Å². The van der Waals surface area contributed by atoms with E-state index in [1.165, 1.54) is 11.8 Å². The van der Waals surface area contributed by atoms with Crippen molar-refractivity contribution in [3.05, 3.63) is 24.3 Å². The van der Waals surface area contributed by atoms with Crippen molar-refractivity contribution in [2.75, 3.05) is 24.2 Å².